The number of nitrogens with one attached hydrogen (secondary N) is 2. The maximum absolute atomic E-state index is 11.0. The number of pyridine rings is 1. The lowest BCUT2D eigenvalue weighted by Crippen LogP contribution is -2.28. The fourth-order valence-electron chi connectivity index (χ4n) is 3.24. The highest BCUT2D eigenvalue weighted by molar-refractivity contribution is 6.14. The van der Waals surface area contributed by atoms with Crippen molar-refractivity contribution in [3.05, 3.63) is 59.8 Å². The molecule has 1 aliphatic rings. The van der Waals surface area contributed by atoms with E-state index < -0.39 is 0 Å². The van der Waals surface area contributed by atoms with E-state index in [0.717, 1.165) is 19.5 Å². The van der Waals surface area contributed by atoms with Gasteiger partial charge in [0.2, 0.25) is 12.3 Å². The van der Waals surface area contributed by atoms with Crippen LogP contribution in [0.2, 0.25) is 0 Å². The average Bonchev–Trinajstić information content (AvgIpc) is 3.31. The summed E-state index contributed by atoms with van der Waals surface area (Å²) >= 11 is 0. The van der Waals surface area contributed by atoms with Crippen molar-refractivity contribution in [2.45, 2.75) is 47.1 Å². The molecule has 10 nitrogen and oxygen atoms in total. The Morgan fingerprint density at radius 2 is 1.92 bits per heavy atom. The first-order valence-corrected chi connectivity index (χ1v) is 12.9. The Balaban J connectivity index is 0.000000714. The zero-order valence-electron chi connectivity index (χ0n) is 24.4. The number of hydrogen-bond donors (Lipinski definition) is 3. The minimum Gasteiger partial charge on any atom is -0.475 e. The summed E-state index contributed by atoms with van der Waals surface area (Å²) in [6.07, 6.45) is 3.21. The zero-order valence-corrected chi connectivity index (χ0v) is 24.4. The maximum atomic E-state index is 11.0. The molecule has 0 atom stereocenters. The van der Waals surface area contributed by atoms with Gasteiger partial charge in [-0.05, 0) is 51.5 Å². The average molecular weight is 544 g/mol. The Morgan fingerprint density at radius 1 is 1.26 bits per heavy atom. The third kappa shape index (κ3) is 14.1. The molecule has 1 aromatic carbocycles. The number of nitrogens with zero attached hydrogens (tertiary/aromatic N) is 2. The molecule has 1 aromatic heterocycles. The quantitative estimate of drug-likeness (QED) is 0.138. The van der Waals surface area contributed by atoms with Crippen molar-refractivity contribution < 1.29 is 23.8 Å². The molecule has 1 saturated heterocycles. The molecule has 2 aromatic rings. The van der Waals surface area contributed by atoms with Crippen molar-refractivity contribution in [3.8, 4) is 5.88 Å². The molecule has 0 spiro atoms. The lowest BCUT2D eigenvalue weighted by atomic mass is 10.0. The summed E-state index contributed by atoms with van der Waals surface area (Å²) in [5, 5.41) is 10.8. The maximum Gasteiger partial charge on any atom is 0.320 e. The molecule has 1 aliphatic heterocycles. The number of esters is 1. The van der Waals surface area contributed by atoms with Crippen LogP contribution in [0.15, 0.2) is 48.7 Å². The molecule has 0 aliphatic carbocycles. The molecular weight excluding hydrogens is 498 g/mol. The normalized spacial score (nSPS) is 12.1. The van der Waals surface area contributed by atoms with E-state index in [2.05, 4.69) is 26.5 Å². The third-order valence-electron chi connectivity index (χ3n) is 4.82. The van der Waals surface area contributed by atoms with Crippen LogP contribution in [-0.4, -0.2) is 74.5 Å². The smallest absolute Gasteiger partial charge is 0.320 e. The van der Waals surface area contributed by atoms with Crippen LogP contribution in [0.4, 0.5) is 11.4 Å². The van der Waals surface area contributed by atoms with E-state index in [1.54, 1.807) is 50.7 Å². The molecule has 0 saturated carbocycles. The molecule has 1 fully saturated rings. The molecule has 10 heteroatoms. The van der Waals surface area contributed by atoms with Crippen LogP contribution in [-0.2, 0) is 19.1 Å². The molecular formula is C29H45N5O5. The van der Waals surface area contributed by atoms with Gasteiger partial charge in [-0.25, -0.2) is 4.98 Å². The number of carbonyl (C=O) groups is 2. The number of nitrogens with two attached hydrogens (primary N) is 1. The molecule has 2 heterocycles. The van der Waals surface area contributed by atoms with Gasteiger partial charge < -0.3 is 25.3 Å². The number of nitrogen functional groups attached to an aromatic ring is 1. The van der Waals surface area contributed by atoms with Crippen molar-refractivity contribution in [2.24, 2.45) is 0 Å². The number of rotatable bonds is 9. The number of anilines is 2. The van der Waals surface area contributed by atoms with Crippen LogP contribution in [0.1, 0.15) is 52.2 Å². The summed E-state index contributed by atoms with van der Waals surface area (Å²) in [6, 6.07) is 8.46. The van der Waals surface area contributed by atoms with E-state index in [-0.39, 0.29) is 17.8 Å². The number of carbonyl (C=O) groups excluding carboxylic acids is 2. The number of methoxy groups -OCH3 is 1. The van der Waals surface area contributed by atoms with Crippen molar-refractivity contribution in [1.29, 1.82) is 5.41 Å². The second-order valence-corrected chi connectivity index (χ2v) is 8.41. The molecule has 3 rings (SSSR count). The SMILES string of the molecule is C=C1CCN(CC(=O)OCC)C1.CC.CC(C)Oc1ccc(C(=N)c2cc(NC=O)ccc2N)cn1.COC. The van der Waals surface area contributed by atoms with Gasteiger partial charge in [-0.1, -0.05) is 26.0 Å². The molecule has 216 valence electrons. The van der Waals surface area contributed by atoms with Gasteiger partial charge >= 0.3 is 5.97 Å². The predicted molar refractivity (Wildman–Crippen MR) is 158 cm³/mol. The highest BCUT2D eigenvalue weighted by Crippen LogP contribution is 2.21. The molecule has 0 bridgehead atoms. The van der Waals surface area contributed by atoms with Crippen LogP contribution in [0, 0.1) is 5.41 Å². The number of benzene rings is 1. The first-order valence-electron chi connectivity index (χ1n) is 12.9. The number of ether oxygens (including phenoxy) is 3. The number of likely N-dealkylation sites (tertiary alicyclic amines) is 1. The van der Waals surface area contributed by atoms with Gasteiger partial charge in [0.05, 0.1) is 25.0 Å². The predicted octanol–water partition coefficient (Wildman–Crippen LogP) is 4.54. The van der Waals surface area contributed by atoms with Gasteiger partial charge in [-0.2, -0.15) is 0 Å². The molecule has 1 amide bonds. The van der Waals surface area contributed by atoms with Crippen LogP contribution in [0.5, 0.6) is 5.88 Å². The molecule has 4 N–H and O–H groups in total. The highest BCUT2D eigenvalue weighted by Gasteiger charge is 2.17. The Hall–Kier alpha value is -3.76. The number of amides is 1. The minimum atomic E-state index is -0.132. The standard InChI is InChI=1S/C16H18N4O2.C9H15NO2.C2H6O.C2H6/c1-10(2)22-15-6-3-11(8-19-15)16(18)13-7-12(20-9-21)4-5-14(13)17;1-3-12-9(11)7-10-5-4-8(2)6-10;1-3-2;1-2/h3-10,18H,17H2,1-2H3,(H,20,21);2-7H2,1H3;1-2H3;1-2H3. The summed E-state index contributed by atoms with van der Waals surface area (Å²) in [4.78, 5) is 27.8. The summed E-state index contributed by atoms with van der Waals surface area (Å²) in [5.41, 5.74) is 9.55. The lowest BCUT2D eigenvalue weighted by molar-refractivity contribution is -0.144. The fourth-order valence-corrected chi connectivity index (χ4v) is 3.24. The Kier molecular flexibility index (Phi) is 18.3. The van der Waals surface area contributed by atoms with E-state index in [4.69, 9.17) is 20.6 Å². The zero-order chi connectivity index (χ0) is 29.8. The molecule has 39 heavy (non-hydrogen) atoms. The minimum absolute atomic E-state index is 0.0412. The van der Waals surface area contributed by atoms with E-state index in [0.29, 0.717) is 47.9 Å². The van der Waals surface area contributed by atoms with Crippen molar-refractivity contribution in [3.63, 3.8) is 0 Å². The fraction of sp³-hybridized carbons (Fsp3) is 0.448. The van der Waals surface area contributed by atoms with Crippen molar-refractivity contribution in [1.82, 2.24) is 9.88 Å². The number of hydrogen-bond acceptors (Lipinski definition) is 9. The Labute approximate surface area is 233 Å². The van der Waals surface area contributed by atoms with E-state index in [1.165, 1.54) is 5.57 Å². The van der Waals surface area contributed by atoms with Gasteiger partial charge in [0, 0.05) is 62.1 Å². The largest absolute Gasteiger partial charge is 0.475 e. The Morgan fingerprint density at radius 3 is 2.41 bits per heavy atom. The first kappa shape index (κ1) is 35.2. The topological polar surface area (TPSA) is 140 Å². The summed E-state index contributed by atoms with van der Waals surface area (Å²) in [7, 11) is 3.25. The second kappa shape index (κ2) is 20.2. The summed E-state index contributed by atoms with van der Waals surface area (Å²) in [5.74, 6) is 0.378. The first-order chi connectivity index (χ1) is 18.6. The second-order valence-electron chi connectivity index (χ2n) is 8.41. The van der Waals surface area contributed by atoms with Crippen LogP contribution in [0.3, 0.4) is 0 Å². The van der Waals surface area contributed by atoms with E-state index in [9.17, 15) is 9.59 Å². The lowest BCUT2D eigenvalue weighted by Gasteiger charge is -2.12. The van der Waals surface area contributed by atoms with E-state index in [1.807, 2.05) is 34.6 Å². The monoisotopic (exact) mass is 543 g/mol. The third-order valence-corrected chi connectivity index (χ3v) is 4.82. The van der Waals surface area contributed by atoms with Crippen LogP contribution < -0.4 is 15.8 Å². The van der Waals surface area contributed by atoms with Gasteiger partial charge in [-0.15, -0.1) is 0 Å². The van der Waals surface area contributed by atoms with Crippen LogP contribution in [0.25, 0.3) is 0 Å². The van der Waals surface area contributed by atoms with Gasteiger partial charge in [0.1, 0.15) is 0 Å². The van der Waals surface area contributed by atoms with E-state index >= 15 is 0 Å². The Bertz CT molecular complexity index is 1030. The van der Waals surface area contributed by atoms with Crippen molar-refractivity contribution in [2.75, 3.05) is 51.5 Å². The van der Waals surface area contributed by atoms with Gasteiger partial charge in [-0.3, -0.25) is 19.9 Å². The highest BCUT2D eigenvalue weighted by atomic mass is 16.5. The van der Waals surface area contributed by atoms with Gasteiger partial charge in [0.25, 0.3) is 0 Å². The summed E-state index contributed by atoms with van der Waals surface area (Å²) < 4.78 is 14.6. The van der Waals surface area contributed by atoms with Crippen molar-refractivity contribution >= 4 is 29.5 Å². The summed E-state index contributed by atoms with van der Waals surface area (Å²) in [6.45, 7) is 16.2. The van der Waals surface area contributed by atoms with Crippen LogP contribution >= 0.6 is 0 Å². The van der Waals surface area contributed by atoms with Gasteiger partial charge in [0.15, 0.2) is 0 Å². The number of aromatic nitrogens is 1. The molecule has 0 unspecified atom stereocenters. The molecule has 0 radical (unpaired) electrons.